The first-order valence-electron chi connectivity index (χ1n) is 4.37. The van der Waals surface area contributed by atoms with Crippen LogP contribution in [-0.2, 0) is 0 Å². The number of rotatable bonds is 1. The fraction of sp³-hybridized carbons (Fsp3) is 0.0833. The van der Waals surface area contributed by atoms with Gasteiger partial charge in [-0.05, 0) is 36.9 Å². The second kappa shape index (κ2) is 3.09. The van der Waals surface area contributed by atoms with Crippen LogP contribution in [0.3, 0.4) is 0 Å². The molecule has 1 nitrogen and oxygen atoms in total. The Labute approximate surface area is 78.1 Å². The van der Waals surface area contributed by atoms with Gasteiger partial charge in [0.1, 0.15) is 0 Å². The molecule has 0 fully saturated rings. The second-order valence-corrected chi connectivity index (χ2v) is 3.08. The summed E-state index contributed by atoms with van der Waals surface area (Å²) in [5, 5.41) is 1.24. The van der Waals surface area contributed by atoms with Crippen molar-refractivity contribution in [1.82, 2.24) is 4.98 Å². The van der Waals surface area contributed by atoms with E-state index in [0.29, 0.717) is 0 Å². The van der Waals surface area contributed by atoms with Crippen LogP contribution >= 0.6 is 0 Å². The van der Waals surface area contributed by atoms with Crippen LogP contribution in [0.25, 0.3) is 16.5 Å². The second-order valence-electron chi connectivity index (χ2n) is 3.08. The average Bonchev–Trinajstić information content (AvgIpc) is 2.59. The lowest BCUT2D eigenvalue weighted by atomic mass is 10.2. The molecule has 0 atom stereocenters. The molecule has 2 aromatic rings. The highest BCUT2D eigenvalue weighted by atomic mass is 14.7. The molecule has 0 amide bonds. The number of hydrogen-bond donors (Lipinski definition) is 1. The Balaban J connectivity index is 2.62. The van der Waals surface area contributed by atoms with Gasteiger partial charge in [0.05, 0.1) is 0 Å². The van der Waals surface area contributed by atoms with E-state index in [1.54, 1.807) is 0 Å². The van der Waals surface area contributed by atoms with Gasteiger partial charge in [0.15, 0.2) is 0 Å². The lowest BCUT2D eigenvalue weighted by molar-refractivity contribution is 1.40. The summed E-state index contributed by atoms with van der Waals surface area (Å²) in [6.07, 6.45) is 2.00. The molecule has 1 N–H and O–H groups in total. The summed E-state index contributed by atoms with van der Waals surface area (Å²) in [4.78, 5) is 3.32. The molecular weight excluding hydrogens is 158 g/mol. The molecule has 2 rings (SSSR count). The summed E-state index contributed by atoms with van der Waals surface area (Å²) in [7, 11) is 0. The summed E-state index contributed by atoms with van der Waals surface area (Å²) in [5.74, 6) is 0. The van der Waals surface area contributed by atoms with Crippen LogP contribution in [0.2, 0.25) is 0 Å². The van der Waals surface area contributed by atoms with Gasteiger partial charge in [0, 0.05) is 11.2 Å². The number of hydrogen-bond acceptors (Lipinski definition) is 0. The Morgan fingerprint density at radius 3 is 2.85 bits per heavy atom. The minimum Gasteiger partial charge on any atom is -0.355 e. The van der Waals surface area contributed by atoms with Crippen molar-refractivity contribution >= 4 is 16.5 Å². The topological polar surface area (TPSA) is 15.8 Å². The van der Waals surface area contributed by atoms with E-state index >= 15 is 0 Å². The Kier molecular flexibility index (Phi) is 1.93. The third-order valence-corrected chi connectivity index (χ3v) is 2.22. The van der Waals surface area contributed by atoms with E-state index in [9.17, 15) is 0 Å². The molecule has 1 heteroatoms. The summed E-state index contributed by atoms with van der Waals surface area (Å²) in [6, 6.07) is 10.4. The maximum Gasteiger partial charge on any atom is 0.0458 e. The standard InChI is InChI=1S/C12H12N/c1-3-9(2)12-8-10-6-4-5-7-11(10)13-12/h3-8,13H,2H2,1H3/b9-3-. The normalized spacial score (nSPS) is 12.3. The van der Waals surface area contributed by atoms with E-state index in [0.717, 1.165) is 11.3 Å². The molecule has 13 heavy (non-hydrogen) atoms. The van der Waals surface area contributed by atoms with Crippen LogP contribution < -0.4 is 0 Å². The Bertz CT molecular complexity index is 416. The number of aromatic amines is 1. The number of nitrogens with one attached hydrogen (secondary N) is 1. The van der Waals surface area contributed by atoms with Crippen molar-refractivity contribution in [3.8, 4) is 0 Å². The SMILES string of the molecule is [CH2]/C(=C/C)c1cc2ccccc2[nH]1. The Morgan fingerprint density at radius 2 is 2.15 bits per heavy atom. The van der Waals surface area contributed by atoms with Crippen molar-refractivity contribution in [2.24, 2.45) is 0 Å². The molecule has 0 spiro atoms. The van der Waals surface area contributed by atoms with Crippen molar-refractivity contribution in [1.29, 1.82) is 0 Å². The molecule has 0 bridgehead atoms. The van der Waals surface area contributed by atoms with E-state index in [1.165, 1.54) is 10.9 Å². The maximum atomic E-state index is 3.95. The summed E-state index contributed by atoms with van der Waals surface area (Å²) in [6.45, 7) is 5.95. The number of H-pyrrole nitrogens is 1. The van der Waals surface area contributed by atoms with Gasteiger partial charge in [-0.15, -0.1) is 0 Å². The van der Waals surface area contributed by atoms with Crippen LogP contribution in [0, 0.1) is 6.92 Å². The zero-order valence-electron chi connectivity index (χ0n) is 7.67. The van der Waals surface area contributed by atoms with E-state index in [2.05, 4.69) is 30.1 Å². The molecule has 0 aliphatic heterocycles. The fourth-order valence-corrected chi connectivity index (χ4v) is 1.40. The third kappa shape index (κ3) is 1.37. The smallest absolute Gasteiger partial charge is 0.0458 e. The van der Waals surface area contributed by atoms with Gasteiger partial charge in [-0.1, -0.05) is 24.3 Å². The fourth-order valence-electron chi connectivity index (χ4n) is 1.40. The molecule has 0 aliphatic rings. The highest BCUT2D eigenvalue weighted by Crippen LogP contribution is 2.19. The lowest BCUT2D eigenvalue weighted by Crippen LogP contribution is -1.76. The zero-order valence-corrected chi connectivity index (χ0v) is 7.67. The predicted octanol–water partition coefficient (Wildman–Crippen LogP) is 3.41. The van der Waals surface area contributed by atoms with Gasteiger partial charge in [-0.25, -0.2) is 0 Å². The van der Waals surface area contributed by atoms with E-state index < -0.39 is 0 Å². The molecule has 1 aromatic carbocycles. The van der Waals surface area contributed by atoms with Crippen molar-refractivity contribution in [2.75, 3.05) is 0 Å². The number of para-hydroxylation sites is 1. The summed E-state index contributed by atoms with van der Waals surface area (Å²) >= 11 is 0. The monoisotopic (exact) mass is 170 g/mol. The Morgan fingerprint density at radius 1 is 1.38 bits per heavy atom. The predicted molar refractivity (Wildman–Crippen MR) is 57.3 cm³/mol. The molecule has 0 saturated carbocycles. The van der Waals surface area contributed by atoms with Crippen LogP contribution in [0.4, 0.5) is 0 Å². The molecular formula is C12H12N. The first-order chi connectivity index (χ1) is 6.31. The van der Waals surface area contributed by atoms with Crippen LogP contribution in [0.5, 0.6) is 0 Å². The average molecular weight is 170 g/mol. The van der Waals surface area contributed by atoms with Crippen LogP contribution in [0.15, 0.2) is 36.4 Å². The van der Waals surface area contributed by atoms with Crippen LogP contribution in [0.1, 0.15) is 12.6 Å². The quantitative estimate of drug-likeness (QED) is 0.675. The van der Waals surface area contributed by atoms with Gasteiger partial charge in [-0.3, -0.25) is 0 Å². The Hall–Kier alpha value is -1.50. The van der Waals surface area contributed by atoms with E-state index in [1.807, 2.05) is 25.1 Å². The summed E-state index contributed by atoms with van der Waals surface area (Å²) < 4.78 is 0. The van der Waals surface area contributed by atoms with Crippen molar-refractivity contribution < 1.29 is 0 Å². The van der Waals surface area contributed by atoms with E-state index in [4.69, 9.17) is 0 Å². The molecule has 1 heterocycles. The van der Waals surface area contributed by atoms with Gasteiger partial charge >= 0.3 is 0 Å². The van der Waals surface area contributed by atoms with Crippen molar-refractivity contribution in [2.45, 2.75) is 6.92 Å². The minimum atomic E-state index is 1.04. The third-order valence-electron chi connectivity index (χ3n) is 2.22. The van der Waals surface area contributed by atoms with Gasteiger partial charge < -0.3 is 4.98 Å². The first kappa shape index (κ1) is 8.11. The molecule has 0 unspecified atom stereocenters. The molecule has 0 saturated heterocycles. The first-order valence-corrected chi connectivity index (χ1v) is 4.37. The number of allylic oxidation sites excluding steroid dienone is 2. The molecule has 1 aromatic heterocycles. The van der Waals surface area contributed by atoms with E-state index in [-0.39, 0.29) is 0 Å². The lowest BCUT2D eigenvalue weighted by Gasteiger charge is -1.92. The highest BCUT2D eigenvalue weighted by molar-refractivity contribution is 5.85. The molecule has 65 valence electrons. The van der Waals surface area contributed by atoms with Crippen molar-refractivity contribution in [3.05, 3.63) is 49.0 Å². The largest absolute Gasteiger partial charge is 0.355 e. The van der Waals surface area contributed by atoms with Gasteiger partial charge in [0.2, 0.25) is 0 Å². The highest BCUT2D eigenvalue weighted by Gasteiger charge is 1.99. The van der Waals surface area contributed by atoms with Gasteiger partial charge in [-0.2, -0.15) is 0 Å². The molecule has 1 radical (unpaired) electrons. The zero-order chi connectivity index (χ0) is 9.26. The van der Waals surface area contributed by atoms with Gasteiger partial charge in [0.25, 0.3) is 0 Å². The number of aromatic nitrogens is 1. The minimum absolute atomic E-state index is 1.04. The maximum absolute atomic E-state index is 3.95. The molecule has 0 aliphatic carbocycles. The van der Waals surface area contributed by atoms with Crippen molar-refractivity contribution in [3.63, 3.8) is 0 Å². The number of benzene rings is 1. The number of fused-ring (bicyclic) bond motifs is 1. The summed E-state index contributed by atoms with van der Waals surface area (Å²) in [5.41, 5.74) is 3.31. The van der Waals surface area contributed by atoms with Crippen LogP contribution in [-0.4, -0.2) is 4.98 Å².